The van der Waals surface area contributed by atoms with Crippen LogP contribution in [0.1, 0.15) is 12.8 Å². The summed E-state index contributed by atoms with van der Waals surface area (Å²) in [6, 6.07) is 0. The molecule has 78 valence electrons. The Morgan fingerprint density at radius 2 is 1.85 bits per heavy atom. The number of rotatable bonds is 2. The Kier molecular flexibility index (Phi) is 2.99. The summed E-state index contributed by atoms with van der Waals surface area (Å²) in [5.41, 5.74) is 5.57. The van der Waals surface area contributed by atoms with Gasteiger partial charge in [0, 0.05) is 12.8 Å². The van der Waals surface area contributed by atoms with Gasteiger partial charge in [-0.15, -0.1) is 0 Å². The molecule has 0 spiro atoms. The van der Waals surface area contributed by atoms with Crippen molar-refractivity contribution in [3.8, 4) is 0 Å². The van der Waals surface area contributed by atoms with Crippen LogP contribution in [-0.4, -0.2) is 51.0 Å². The lowest BCUT2D eigenvalue weighted by Crippen LogP contribution is -2.52. The van der Waals surface area contributed by atoms with E-state index < -0.39 is 14.6 Å². The summed E-state index contributed by atoms with van der Waals surface area (Å²) in [7, 11) is -1.01. The van der Waals surface area contributed by atoms with Crippen molar-refractivity contribution < 1.29 is 8.42 Å². The van der Waals surface area contributed by atoms with E-state index in [4.69, 9.17) is 5.73 Å². The summed E-state index contributed by atoms with van der Waals surface area (Å²) in [5, 5.41) is 0. The Bertz CT molecular complexity index is 266. The van der Waals surface area contributed by atoms with Crippen LogP contribution in [0, 0.1) is 0 Å². The lowest BCUT2D eigenvalue weighted by Gasteiger charge is -2.38. The van der Waals surface area contributed by atoms with E-state index in [9.17, 15) is 8.42 Å². The van der Waals surface area contributed by atoms with Crippen LogP contribution in [0.2, 0.25) is 0 Å². The van der Waals surface area contributed by atoms with E-state index in [0.29, 0.717) is 12.8 Å². The van der Waals surface area contributed by atoms with E-state index in [1.165, 1.54) is 6.26 Å². The van der Waals surface area contributed by atoms with Crippen molar-refractivity contribution in [1.82, 2.24) is 4.90 Å². The van der Waals surface area contributed by atoms with Crippen LogP contribution in [0.4, 0.5) is 0 Å². The maximum atomic E-state index is 11.5. The number of nitrogens with two attached hydrogens (primary N) is 1. The zero-order chi connectivity index (χ0) is 10.1. The molecule has 0 radical (unpaired) electrons. The summed E-state index contributed by atoms with van der Waals surface area (Å²) < 4.78 is 22.4. The zero-order valence-corrected chi connectivity index (χ0v) is 9.10. The van der Waals surface area contributed by atoms with Gasteiger partial charge < -0.3 is 10.6 Å². The Morgan fingerprint density at radius 3 is 2.15 bits per heavy atom. The van der Waals surface area contributed by atoms with Gasteiger partial charge in [0.1, 0.15) is 0 Å². The van der Waals surface area contributed by atoms with Gasteiger partial charge in [0.05, 0.1) is 4.75 Å². The molecule has 0 aromatic carbocycles. The second kappa shape index (κ2) is 3.55. The maximum absolute atomic E-state index is 11.5. The van der Waals surface area contributed by atoms with Gasteiger partial charge >= 0.3 is 0 Å². The molecular formula is C8H18N2O2S. The molecule has 0 aliphatic carbocycles. The molecule has 1 rings (SSSR count). The minimum Gasteiger partial charge on any atom is -0.329 e. The van der Waals surface area contributed by atoms with E-state index in [1.807, 2.05) is 7.05 Å². The summed E-state index contributed by atoms with van der Waals surface area (Å²) in [6.07, 6.45) is 2.63. The van der Waals surface area contributed by atoms with Crippen molar-refractivity contribution in [2.75, 3.05) is 32.9 Å². The molecule has 1 saturated heterocycles. The first-order valence-corrected chi connectivity index (χ1v) is 6.39. The van der Waals surface area contributed by atoms with Crippen molar-refractivity contribution in [2.24, 2.45) is 5.73 Å². The van der Waals surface area contributed by atoms with Crippen LogP contribution in [0.5, 0.6) is 0 Å². The van der Waals surface area contributed by atoms with Gasteiger partial charge in [-0.1, -0.05) is 0 Å². The quantitative estimate of drug-likeness (QED) is 0.659. The molecule has 1 heterocycles. The van der Waals surface area contributed by atoms with Crippen molar-refractivity contribution in [3.63, 3.8) is 0 Å². The fraction of sp³-hybridized carbons (Fsp3) is 1.00. The molecular weight excluding hydrogens is 188 g/mol. The predicted octanol–water partition coefficient (Wildman–Crippen LogP) is -0.546. The Labute approximate surface area is 80.0 Å². The van der Waals surface area contributed by atoms with E-state index in [0.717, 1.165) is 13.1 Å². The molecule has 0 aromatic heterocycles. The van der Waals surface area contributed by atoms with Gasteiger partial charge in [-0.05, 0) is 33.0 Å². The molecule has 0 atom stereocenters. The third kappa shape index (κ3) is 2.03. The minimum atomic E-state index is -3.01. The molecule has 2 N–H and O–H groups in total. The first-order chi connectivity index (χ1) is 5.91. The molecule has 0 bridgehead atoms. The number of likely N-dealkylation sites (tertiary alicyclic amines) is 1. The van der Waals surface area contributed by atoms with Gasteiger partial charge in [-0.2, -0.15) is 0 Å². The van der Waals surface area contributed by atoms with Crippen LogP contribution in [0.25, 0.3) is 0 Å². The molecule has 0 aromatic rings. The molecule has 5 heteroatoms. The molecule has 1 fully saturated rings. The smallest absolute Gasteiger partial charge is 0.154 e. The number of sulfone groups is 1. The third-order valence-electron chi connectivity index (χ3n) is 3.06. The lowest BCUT2D eigenvalue weighted by atomic mass is 9.96. The van der Waals surface area contributed by atoms with Crippen LogP contribution >= 0.6 is 0 Å². The molecule has 4 nitrogen and oxygen atoms in total. The van der Waals surface area contributed by atoms with Gasteiger partial charge in [0.2, 0.25) is 0 Å². The number of hydrogen-bond acceptors (Lipinski definition) is 4. The highest BCUT2D eigenvalue weighted by Crippen LogP contribution is 2.28. The lowest BCUT2D eigenvalue weighted by molar-refractivity contribution is 0.235. The number of piperidine rings is 1. The van der Waals surface area contributed by atoms with E-state index in [1.54, 1.807) is 0 Å². The standard InChI is InChI=1S/C8H18N2O2S/c1-10-5-3-8(7-9,4-6-10)13(2,11)12/h3-7,9H2,1-2H3. The van der Waals surface area contributed by atoms with Crippen molar-refractivity contribution >= 4 is 9.84 Å². The summed E-state index contributed by atoms with van der Waals surface area (Å²) in [4.78, 5) is 2.14. The third-order valence-corrected chi connectivity index (χ3v) is 5.20. The SMILES string of the molecule is CN1CCC(CN)(S(C)(=O)=O)CC1. The molecule has 1 aliphatic rings. The fourth-order valence-electron chi connectivity index (χ4n) is 1.75. The normalized spacial score (nSPS) is 24.5. The van der Waals surface area contributed by atoms with E-state index in [2.05, 4.69) is 4.90 Å². The van der Waals surface area contributed by atoms with Gasteiger partial charge in [0.15, 0.2) is 9.84 Å². The van der Waals surface area contributed by atoms with Gasteiger partial charge in [-0.25, -0.2) is 8.42 Å². The van der Waals surface area contributed by atoms with Crippen molar-refractivity contribution in [1.29, 1.82) is 0 Å². The monoisotopic (exact) mass is 206 g/mol. The van der Waals surface area contributed by atoms with Crippen LogP contribution < -0.4 is 5.73 Å². The number of nitrogens with zero attached hydrogens (tertiary/aromatic N) is 1. The fourth-order valence-corrected chi connectivity index (χ4v) is 2.98. The Morgan fingerprint density at radius 1 is 1.38 bits per heavy atom. The van der Waals surface area contributed by atoms with E-state index in [-0.39, 0.29) is 6.54 Å². The topological polar surface area (TPSA) is 63.4 Å². The average molecular weight is 206 g/mol. The summed E-state index contributed by atoms with van der Waals surface area (Å²) in [5.74, 6) is 0. The highest BCUT2D eigenvalue weighted by atomic mass is 32.2. The van der Waals surface area contributed by atoms with Crippen LogP contribution in [0.3, 0.4) is 0 Å². The summed E-state index contributed by atoms with van der Waals surface area (Å²) in [6.45, 7) is 1.90. The zero-order valence-electron chi connectivity index (χ0n) is 8.28. The van der Waals surface area contributed by atoms with Crippen molar-refractivity contribution in [3.05, 3.63) is 0 Å². The largest absolute Gasteiger partial charge is 0.329 e. The molecule has 1 aliphatic heterocycles. The first-order valence-electron chi connectivity index (χ1n) is 4.49. The Hall–Kier alpha value is -0.130. The molecule has 0 amide bonds. The number of hydrogen-bond donors (Lipinski definition) is 1. The molecule has 13 heavy (non-hydrogen) atoms. The molecule has 0 saturated carbocycles. The van der Waals surface area contributed by atoms with Crippen LogP contribution in [-0.2, 0) is 9.84 Å². The highest BCUT2D eigenvalue weighted by molar-refractivity contribution is 7.92. The predicted molar refractivity (Wildman–Crippen MR) is 53.4 cm³/mol. The average Bonchev–Trinajstić information content (AvgIpc) is 2.04. The first kappa shape index (κ1) is 10.9. The Balaban J connectivity index is 2.85. The summed E-state index contributed by atoms with van der Waals surface area (Å²) >= 11 is 0. The minimum absolute atomic E-state index is 0.250. The second-order valence-corrected chi connectivity index (χ2v) is 6.37. The molecule has 0 unspecified atom stereocenters. The van der Waals surface area contributed by atoms with Gasteiger partial charge in [0.25, 0.3) is 0 Å². The highest BCUT2D eigenvalue weighted by Gasteiger charge is 2.41. The van der Waals surface area contributed by atoms with E-state index >= 15 is 0 Å². The van der Waals surface area contributed by atoms with Crippen LogP contribution in [0.15, 0.2) is 0 Å². The van der Waals surface area contributed by atoms with Crippen molar-refractivity contribution in [2.45, 2.75) is 17.6 Å². The van der Waals surface area contributed by atoms with Gasteiger partial charge in [-0.3, -0.25) is 0 Å². The maximum Gasteiger partial charge on any atom is 0.154 e. The second-order valence-electron chi connectivity index (χ2n) is 3.96.